The van der Waals surface area contributed by atoms with Crippen LogP contribution in [0.15, 0.2) is 59.1 Å². The first-order valence-corrected chi connectivity index (χ1v) is 10.5. The summed E-state index contributed by atoms with van der Waals surface area (Å²) in [6.07, 6.45) is 0. The second kappa shape index (κ2) is 10.7. The van der Waals surface area contributed by atoms with Crippen LogP contribution in [0.5, 0.6) is 0 Å². The number of anilines is 2. The summed E-state index contributed by atoms with van der Waals surface area (Å²) in [5.74, 6) is -1.65. The second-order valence-electron chi connectivity index (χ2n) is 7.46. The van der Waals surface area contributed by atoms with E-state index in [0.29, 0.717) is 27.7 Å². The normalized spacial score (nSPS) is 11.5. The van der Waals surface area contributed by atoms with Crippen LogP contribution in [-0.4, -0.2) is 35.3 Å². The molecule has 0 radical (unpaired) electrons. The monoisotopic (exact) mass is 470 g/mol. The van der Waals surface area contributed by atoms with Gasteiger partial charge in [-0.2, -0.15) is 0 Å². The molecule has 0 aliphatic heterocycles. The molecular formula is C23H23FN4O4S. The average molecular weight is 471 g/mol. The van der Waals surface area contributed by atoms with E-state index in [1.165, 1.54) is 25.3 Å². The highest BCUT2D eigenvalue weighted by molar-refractivity contribution is 7.80. The van der Waals surface area contributed by atoms with Crippen molar-refractivity contribution in [2.75, 3.05) is 17.7 Å². The fourth-order valence-corrected chi connectivity index (χ4v) is 3.18. The number of aromatic nitrogens is 1. The summed E-state index contributed by atoms with van der Waals surface area (Å²) in [5.41, 5.74) is 2.39. The van der Waals surface area contributed by atoms with Crippen molar-refractivity contribution in [3.8, 4) is 11.3 Å². The Kier molecular flexibility index (Phi) is 7.73. The number of amides is 1. The zero-order valence-electron chi connectivity index (χ0n) is 18.2. The molecule has 3 rings (SSSR count). The highest BCUT2D eigenvalue weighted by Crippen LogP contribution is 2.22. The summed E-state index contributed by atoms with van der Waals surface area (Å²) in [7, 11) is 1.26. The summed E-state index contributed by atoms with van der Waals surface area (Å²) in [5, 5.41) is 12.7. The largest absolute Gasteiger partial charge is 0.467 e. The molecule has 0 saturated heterocycles. The third-order valence-electron chi connectivity index (χ3n) is 4.66. The van der Waals surface area contributed by atoms with Crippen LogP contribution in [-0.2, 0) is 9.53 Å². The molecule has 0 bridgehead atoms. The Balaban J connectivity index is 1.62. The Morgan fingerprint density at radius 1 is 1.06 bits per heavy atom. The van der Waals surface area contributed by atoms with Gasteiger partial charge in [-0.15, -0.1) is 0 Å². The summed E-state index contributed by atoms with van der Waals surface area (Å²) < 4.78 is 23.2. The highest BCUT2D eigenvalue weighted by atomic mass is 32.1. The minimum Gasteiger partial charge on any atom is -0.467 e. The molecule has 3 aromatic rings. The number of thiocarbonyl (C=S) groups is 1. The SMILES string of the molecule is COC(=O)[C@@H](NC(=O)c1cc(-c2ccc(NC(=S)Nc3cccc(F)c3)cc2)no1)C(C)C. The fraction of sp³-hybridized carbons (Fsp3) is 0.217. The molecular weight excluding hydrogens is 447 g/mol. The van der Waals surface area contributed by atoms with Gasteiger partial charge in [0, 0.05) is 23.0 Å². The molecule has 1 atom stereocenters. The minimum atomic E-state index is -0.800. The van der Waals surface area contributed by atoms with Crippen molar-refractivity contribution in [3.63, 3.8) is 0 Å². The summed E-state index contributed by atoms with van der Waals surface area (Å²) in [4.78, 5) is 24.3. The second-order valence-corrected chi connectivity index (χ2v) is 7.87. The van der Waals surface area contributed by atoms with Crippen LogP contribution in [0.4, 0.5) is 15.8 Å². The van der Waals surface area contributed by atoms with Gasteiger partial charge in [0.05, 0.1) is 7.11 Å². The number of halogens is 1. The van der Waals surface area contributed by atoms with Crippen molar-refractivity contribution < 1.29 is 23.2 Å². The Morgan fingerprint density at radius 2 is 1.76 bits per heavy atom. The van der Waals surface area contributed by atoms with Crippen molar-refractivity contribution in [2.45, 2.75) is 19.9 Å². The molecule has 3 N–H and O–H groups in total. The molecule has 8 nitrogen and oxygen atoms in total. The zero-order valence-corrected chi connectivity index (χ0v) is 19.0. The van der Waals surface area contributed by atoms with Gasteiger partial charge in [-0.05, 0) is 48.5 Å². The first kappa shape index (κ1) is 23.9. The molecule has 0 aliphatic carbocycles. The molecule has 0 aliphatic rings. The zero-order chi connectivity index (χ0) is 24.0. The fourth-order valence-electron chi connectivity index (χ4n) is 2.94. The number of hydrogen-bond acceptors (Lipinski definition) is 6. The number of benzene rings is 2. The minimum absolute atomic E-state index is 0.0257. The van der Waals surface area contributed by atoms with E-state index < -0.39 is 17.9 Å². The van der Waals surface area contributed by atoms with Crippen LogP contribution >= 0.6 is 12.2 Å². The van der Waals surface area contributed by atoms with Crippen molar-refractivity contribution in [2.24, 2.45) is 5.92 Å². The molecule has 10 heteroatoms. The molecule has 2 aromatic carbocycles. The molecule has 0 saturated carbocycles. The number of nitrogens with one attached hydrogen (secondary N) is 3. The van der Waals surface area contributed by atoms with E-state index in [-0.39, 0.29) is 17.5 Å². The predicted molar refractivity (Wildman–Crippen MR) is 126 cm³/mol. The lowest BCUT2D eigenvalue weighted by atomic mass is 10.0. The number of ether oxygens (including phenoxy) is 1. The molecule has 33 heavy (non-hydrogen) atoms. The van der Waals surface area contributed by atoms with E-state index in [1.54, 1.807) is 50.2 Å². The van der Waals surface area contributed by atoms with Gasteiger partial charge < -0.3 is 25.2 Å². The molecule has 172 valence electrons. The summed E-state index contributed by atoms with van der Waals surface area (Å²) in [6, 6.07) is 13.8. The Hall–Kier alpha value is -3.79. The van der Waals surface area contributed by atoms with E-state index in [2.05, 4.69) is 21.1 Å². The lowest BCUT2D eigenvalue weighted by Gasteiger charge is -2.18. The van der Waals surface area contributed by atoms with Crippen molar-refractivity contribution >= 4 is 40.6 Å². The molecule has 0 fully saturated rings. The smallest absolute Gasteiger partial charge is 0.328 e. The summed E-state index contributed by atoms with van der Waals surface area (Å²) >= 11 is 5.25. The van der Waals surface area contributed by atoms with Crippen molar-refractivity contribution in [1.29, 1.82) is 0 Å². The van der Waals surface area contributed by atoms with Crippen LogP contribution in [0.3, 0.4) is 0 Å². The van der Waals surface area contributed by atoms with E-state index in [4.69, 9.17) is 21.5 Å². The van der Waals surface area contributed by atoms with Crippen LogP contribution in [0.1, 0.15) is 24.4 Å². The Labute approximate surface area is 195 Å². The van der Waals surface area contributed by atoms with E-state index in [1.807, 2.05) is 0 Å². The predicted octanol–water partition coefficient (Wildman–Crippen LogP) is 4.22. The topological polar surface area (TPSA) is 105 Å². The molecule has 1 amide bonds. The van der Waals surface area contributed by atoms with Gasteiger partial charge >= 0.3 is 5.97 Å². The number of nitrogens with zero attached hydrogens (tertiary/aromatic N) is 1. The quantitative estimate of drug-likeness (QED) is 0.348. The lowest BCUT2D eigenvalue weighted by molar-refractivity contribution is -0.144. The number of esters is 1. The first-order chi connectivity index (χ1) is 15.8. The number of carbonyl (C=O) groups is 2. The third-order valence-corrected chi connectivity index (χ3v) is 4.87. The maximum Gasteiger partial charge on any atom is 0.328 e. The van der Waals surface area contributed by atoms with Gasteiger partial charge in [-0.25, -0.2) is 9.18 Å². The van der Waals surface area contributed by atoms with Gasteiger partial charge in [-0.1, -0.05) is 37.2 Å². The van der Waals surface area contributed by atoms with E-state index in [9.17, 15) is 14.0 Å². The lowest BCUT2D eigenvalue weighted by Crippen LogP contribution is -2.44. The van der Waals surface area contributed by atoms with Gasteiger partial charge in [0.2, 0.25) is 5.76 Å². The number of hydrogen-bond donors (Lipinski definition) is 3. The maximum atomic E-state index is 13.3. The van der Waals surface area contributed by atoms with Crippen LogP contribution < -0.4 is 16.0 Å². The standard InChI is InChI=1S/C23H23FN4O4S/c1-13(2)20(22(30)31-3)27-21(29)19-12-18(28-32-19)14-7-9-16(10-8-14)25-23(33)26-17-6-4-5-15(24)11-17/h4-13,20H,1-3H3,(H,27,29)(H2,25,26,33)/t20-/m0/s1. The Morgan fingerprint density at radius 3 is 2.39 bits per heavy atom. The maximum absolute atomic E-state index is 13.3. The van der Waals surface area contributed by atoms with Crippen molar-refractivity contribution in [3.05, 3.63) is 66.2 Å². The molecule has 1 heterocycles. The van der Waals surface area contributed by atoms with Crippen molar-refractivity contribution in [1.82, 2.24) is 10.5 Å². The number of carbonyl (C=O) groups excluding carboxylic acids is 2. The molecule has 1 aromatic heterocycles. The number of rotatable bonds is 7. The third kappa shape index (κ3) is 6.36. The van der Waals surface area contributed by atoms with Crippen LogP contribution in [0, 0.1) is 11.7 Å². The van der Waals surface area contributed by atoms with Gasteiger partial charge in [0.25, 0.3) is 5.91 Å². The summed E-state index contributed by atoms with van der Waals surface area (Å²) in [6.45, 7) is 3.59. The van der Waals surface area contributed by atoms with E-state index >= 15 is 0 Å². The highest BCUT2D eigenvalue weighted by Gasteiger charge is 2.27. The number of methoxy groups -OCH3 is 1. The van der Waals surface area contributed by atoms with Gasteiger partial charge in [0.15, 0.2) is 5.11 Å². The molecule has 0 unspecified atom stereocenters. The Bertz CT molecular complexity index is 1150. The molecule has 0 spiro atoms. The van der Waals surface area contributed by atoms with Gasteiger partial charge in [-0.3, -0.25) is 4.79 Å². The first-order valence-electron chi connectivity index (χ1n) is 10.1. The van der Waals surface area contributed by atoms with Gasteiger partial charge in [0.1, 0.15) is 17.6 Å². The van der Waals surface area contributed by atoms with Crippen LogP contribution in [0.25, 0.3) is 11.3 Å². The average Bonchev–Trinajstić information content (AvgIpc) is 3.27. The van der Waals surface area contributed by atoms with Crippen LogP contribution in [0.2, 0.25) is 0 Å². The van der Waals surface area contributed by atoms with E-state index in [0.717, 1.165) is 0 Å².